The van der Waals surface area contributed by atoms with Gasteiger partial charge in [-0.2, -0.15) is 0 Å². The summed E-state index contributed by atoms with van der Waals surface area (Å²) in [4.78, 5) is 39.5. The van der Waals surface area contributed by atoms with E-state index in [0.717, 1.165) is 27.2 Å². The standard InChI is InChI=1S/C34H32BFN2O7/c1-2-21-17-26-32(34(41)37(33(26)40)24-9-6-10-25(18-24)38(43)44)27-19-35(42)45-30(31(21)27)14-12-23(22-7-4-3-5-8-22)15-20-11-13-29(39)28(36)16-20/h3-11,13,15-16,18,26-27,30,32,39,42H,2,12,14,17,19H2,1H3/b23-15-/t26-,27+,30-,32-/m1/s1. The molecule has 2 fully saturated rings. The molecule has 3 aromatic rings. The van der Waals surface area contributed by atoms with Crippen LogP contribution in [0.5, 0.6) is 5.75 Å². The van der Waals surface area contributed by atoms with Crippen LogP contribution in [0.4, 0.5) is 15.8 Å². The van der Waals surface area contributed by atoms with E-state index in [2.05, 4.69) is 0 Å². The maximum absolute atomic E-state index is 14.2. The molecule has 0 spiro atoms. The summed E-state index contributed by atoms with van der Waals surface area (Å²) >= 11 is 0. The molecule has 4 atom stereocenters. The lowest BCUT2D eigenvalue weighted by Crippen LogP contribution is -2.46. The van der Waals surface area contributed by atoms with Crippen LogP contribution in [0.3, 0.4) is 0 Å². The lowest BCUT2D eigenvalue weighted by Gasteiger charge is -2.43. The molecular formula is C34H32BFN2O7. The minimum absolute atomic E-state index is 0.159. The predicted molar refractivity (Wildman–Crippen MR) is 167 cm³/mol. The van der Waals surface area contributed by atoms with Crippen molar-refractivity contribution in [2.75, 3.05) is 4.90 Å². The van der Waals surface area contributed by atoms with E-state index >= 15 is 0 Å². The number of phenolic OH excluding ortho intramolecular Hbond substituents is 1. The van der Waals surface area contributed by atoms with Gasteiger partial charge in [-0.25, -0.2) is 9.29 Å². The SMILES string of the molecule is CCC1=C2[C@@H](CC/C(=C/c3ccc(O)c(F)c3)c3ccccc3)OB(O)C[C@@H]2[C@@H]2C(=O)N(c3cccc([N+](=O)[O-])c3)C(=O)[C@@H]2C1. The van der Waals surface area contributed by atoms with Gasteiger partial charge in [-0.1, -0.05) is 61.0 Å². The lowest BCUT2D eigenvalue weighted by molar-refractivity contribution is -0.384. The van der Waals surface area contributed by atoms with Crippen molar-refractivity contribution in [2.45, 2.75) is 45.0 Å². The number of amides is 2. The van der Waals surface area contributed by atoms with Crippen molar-refractivity contribution < 1.29 is 33.7 Å². The molecule has 45 heavy (non-hydrogen) atoms. The van der Waals surface area contributed by atoms with Gasteiger partial charge in [0.05, 0.1) is 28.6 Å². The van der Waals surface area contributed by atoms with Gasteiger partial charge in [0.25, 0.3) is 5.69 Å². The zero-order valence-corrected chi connectivity index (χ0v) is 24.6. The second kappa shape index (κ2) is 12.4. The van der Waals surface area contributed by atoms with Crippen LogP contribution in [-0.4, -0.2) is 40.1 Å². The minimum atomic E-state index is -1.15. The van der Waals surface area contributed by atoms with Crippen LogP contribution in [0, 0.1) is 33.7 Å². The van der Waals surface area contributed by atoms with Gasteiger partial charge in [0.2, 0.25) is 11.8 Å². The number of phenols is 1. The molecule has 2 N–H and O–H groups in total. The smallest absolute Gasteiger partial charge is 0.455 e. The van der Waals surface area contributed by atoms with Crippen LogP contribution in [0.2, 0.25) is 6.32 Å². The Bertz CT molecular complexity index is 1730. The number of carbonyl (C=O) groups excluding carboxylic acids is 2. The Morgan fingerprint density at radius 1 is 1.09 bits per heavy atom. The molecule has 3 aromatic carbocycles. The highest BCUT2D eigenvalue weighted by atomic mass is 19.1. The van der Waals surface area contributed by atoms with Crippen molar-refractivity contribution in [3.05, 3.63) is 111 Å². The first-order chi connectivity index (χ1) is 21.7. The number of non-ortho nitro benzene ring substituents is 1. The van der Waals surface area contributed by atoms with Gasteiger partial charge in [0, 0.05) is 12.1 Å². The summed E-state index contributed by atoms with van der Waals surface area (Å²) in [6, 6.07) is 19.4. The quantitative estimate of drug-likeness (QED) is 0.0779. The Morgan fingerprint density at radius 3 is 2.58 bits per heavy atom. The van der Waals surface area contributed by atoms with Crippen molar-refractivity contribution in [2.24, 2.45) is 17.8 Å². The number of rotatable bonds is 8. The number of fused-ring (bicyclic) bond motifs is 3. The number of halogens is 1. The van der Waals surface area contributed by atoms with E-state index in [1.807, 2.05) is 43.3 Å². The first kappa shape index (κ1) is 30.4. The molecule has 2 amide bonds. The van der Waals surface area contributed by atoms with Gasteiger partial charge in [-0.15, -0.1) is 0 Å². The highest BCUT2D eigenvalue weighted by Gasteiger charge is 2.57. The number of carbonyl (C=O) groups is 2. The molecule has 1 aliphatic carbocycles. The van der Waals surface area contributed by atoms with E-state index in [1.54, 1.807) is 6.07 Å². The zero-order chi connectivity index (χ0) is 31.8. The number of aromatic hydroxyl groups is 1. The third-order valence-corrected chi connectivity index (χ3v) is 9.17. The highest BCUT2D eigenvalue weighted by molar-refractivity contribution is 6.43. The Labute approximate surface area is 259 Å². The van der Waals surface area contributed by atoms with Gasteiger partial charge < -0.3 is 14.8 Å². The largest absolute Gasteiger partial charge is 0.505 e. The van der Waals surface area contributed by atoms with Crippen LogP contribution >= 0.6 is 0 Å². The van der Waals surface area contributed by atoms with Crippen LogP contribution < -0.4 is 4.90 Å². The number of hydrogen-bond acceptors (Lipinski definition) is 7. The summed E-state index contributed by atoms with van der Waals surface area (Å²) in [5.41, 5.74) is 4.32. The Hall–Kier alpha value is -4.61. The van der Waals surface area contributed by atoms with Gasteiger partial charge >= 0.3 is 7.12 Å². The maximum atomic E-state index is 14.2. The fraction of sp³-hybridized carbons (Fsp3) is 0.294. The number of benzene rings is 3. The monoisotopic (exact) mass is 610 g/mol. The number of imide groups is 1. The predicted octanol–water partition coefficient (Wildman–Crippen LogP) is 6.17. The second-order valence-corrected chi connectivity index (χ2v) is 11.7. The summed E-state index contributed by atoms with van der Waals surface area (Å²) < 4.78 is 20.3. The average molecular weight is 610 g/mol. The molecule has 6 rings (SSSR count). The average Bonchev–Trinajstić information content (AvgIpc) is 3.29. The van der Waals surface area contributed by atoms with Crippen molar-refractivity contribution >= 4 is 42.0 Å². The Kier molecular flexibility index (Phi) is 8.39. The molecule has 0 saturated carbocycles. The number of nitro benzene ring substituents is 1. The molecule has 11 heteroatoms. The Morgan fingerprint density at radius 2 is 1.87 bits per heavy atom. The van der Waals surface area contributed by atoms with Crippen molar-refractivity contribution in [3.63, 3.8) is 0 Å². The normalized spacial score (nSPS) is 23.3. The third-order valence-electron chi connectivity index (χ3n) is 9.17. The molecule has 0 bridgehead atoms. The van der Waals surface area contributed by atoms with E-state index in [9.17, 15) is 34.2 Å². The van der Waals surface area contributed by atoms with Gasteiger partial charge in [0.1, 0.15) is 0 Å². The molecule has 2 aliphatic heterocycles. The highest BCUT2D eigenvalue weighted by Crippen LogP contribution is 2.52. The summed E-state index contributed by atoms with van der Waals surface area (Å²) in [7, 11) is -1.15. The molecule has 0 aromatic heterocycles. The number of nitro groups is 1. The fourth-order valence-electron chi connectivity index (χ4n) is 7.16. The van der Waals surface area contributed by atoms with Crippen LogP contribution in [0.1, 0.15) is 43.7 Å². The van der Waals surface area contributed by atoms with Crippen LogP contribution in [0.15, 0.2) is 83.9 Å². The maximum Gasteiger partial charge on any atom is 0.455 e. The topological polar surface area (TPSA) is 130 Å². The number of nitrogens with zero attached hydrogens (tertiary/aromatic N) is 2. The van der Waals surface area contributed by atoms with Crippen LogP contribution in [-0.2, 0) is 14.2 Å². The summed E-state index contributed by atoms with van der Waals surface area (Å²) in [6.07, 6.45) is 3.46. The molecule has 2 saturated heterocycles. The number of hydrogen-bond donors (Lipinski definition) is 2. The number of allylic oxidation sites excluding steroid dienone is 2. The molecular weight excluding hydrogens is 578 g/mol. The zero-order valence-electron chi connectivity index (χ0n) is 24.6. The molecule has 0 radical (unpaired) electrons. The van der Waals surface area contributed by atoms with Crippen molar-refractivity contribution in [1.82, 2.24) is 0 Å². The molecule has 3 aliphatic rings. The first-order valence-corrected chi connectivity index (χ1v) is 15.1. The van der Waals surface area contributed by atoms with E-state index in [1.165, 1.54) is 36.4 Å². The fourth-order valence-corrected chi connectivity index (χ4v) is 7.16. The molecule has 0 unspecified atom stereocenters. The second-order valence-electron chi connectivity index (χ2n) is 11.7. The van der Waals surface area contributed by atoms with E-state index in [4.69, 9.17) is 4.65 Å². The summed E-state index contributed by atoms with van der Waals surface area (Å²) in [6.45, 7) is 2.00. The third kappa shape index (κ3) is 5.81. The van der Waals surface area contributed by atoms with Gasteiger partial charge in [0.15, 0.2) is 11.6 Å². The molecule has 9 nitrogen and oxygen atoms in total. The van der Waals surface area contributed by atoms with Gasteiger partial charge in [-0.3, -0.25) is 19.7 Å². The minimum Gasteiger partial charge on any atom is -0.505 e. The van der Waals surface area contributed by atoms with Gasteiger partial charge in [-0.05, 0) is 78.4 Å². The molecule has 2 heterocycles. The number of anilines is 1. The summed E-state index contributed by atoms with van der Waals surface area (Å²) in [5.74, 6) is -3.73. The molecule has 230 valence electrons. The van der Waals surface area contributed by atoms with E-state index in [0.29, 0.717) is 31.2 Å². The summed E-state index contributed by atoms with van der Waals surface area (Å²) in [5, 5.41) is 31.9. The van der Waals surface area contributed by atoms with Crippen molar-refractivity contribution in [1.29, 1.82) is 0 Å². The van der Waals surface area contributed by atoms with E-state index in [-0.39, 0.29) is 23.6 Å². The van der Waals surface area contributed by atoms with E-state index < -0.39 is 53.4 Å². The lowest BCUT2D eigenvalue weighted by atomic mass is 9.58. The first-order valence-electron chi connectivity index (χ1n) is 15.1. The van der Waals surface area contributed by atoms with Crippen LogP contribution in [0.25, 0.3) is 11.6 Å². The Balaban J connectivity index is 1.31. The van der Waals surface area contributed by atoms with Crippen molar-refractivity contribution in [3.8, 4) is 5.75 Å².